The minimum atomic E-state index is 0.493. The molecule has 0 amide bonds. The van der Waals surface area contributed by atoms with E-state index in [2.05, 4.69) is 27.3 Å². The SMILES string of the molecule is c1ccc(-c2ccc(Oc3cc4nncn4cn3)cc2)cc1. The second-order valence-electron chi connectivity index (χ2n) is 4.82. The van der Waals surface area contributed by atoms with E-state index in [4.69, 9.17) is 4.74 Å². The van der Waals surface area contributed by atoms with Gasteiger partial charge in [0.2, 0.25) is 5.88 Å². The average Bonchev–Trinajstić information content (AvgIpc) is 3.04. The molecule has 22 heavy (non-hydrogen) atoms. The summed E-state index contributed by atoms with van der Waals surface area (Å²) in [7, 11) is 0. The van der Waals surface area contributed by atoms with Gasteiger partial charge in [-0.25, -0.2) is 4.98 Å². The molecular formula is C17H12N4O. The Hall–Kier alpha value is -3.21. The zero-order valence-corrected chi connectivity index (χ0v) is 11.6. The second kappa shape index (κ2) is 5.29. The maximum atomic E-state index is 5.75. The molecule has 4 aromatic rings. The van der Waals surface area contributed by atoms with Gasteiger partial charge < -0.3 is 4.74 Å². The van der Waals surface area contributed by atoms with Crippen molar-refractivity contribution in [2.45, 2.75) is 0 Å². The van der Waals surface area contributed by atoms with E-state index in [1.807, 2.05) is 42.5 Å². The Morgan fingerprint density at radius 1 is 0.818 bits per heavy atom. The third-order valence-electron chi connectivity index (χ3n) is 3.35. The third-order valence-corrected chi connectivity index (χ3v) is 3.35. The molecule has 0 spiro atoms. The molecule has 0 bridgehead atoms. The first-order valence-electron chi connectivity index (χ1n) is 6.87. The Bertz CT molecular complexity index is 901. The van der Waals surface area contributed by atoms with Crippen LogP contribution in [0.4, 0.5) is 0 Å². The first kappa shape index (κ1) is 12.5. The lowest BCUT2D eigenvalue weighted by Crippen LogP contribution is -1.91. The van der Waals surface area contributed by atoms with Crippen LogP contribution in [0.25, 0.3) is 16.8 Å². The molecule has 0 aliphatic carbocycles. The number of aromatic nitrogens is 4. The van der Waals surface area contributed by atoms with E-state index in [1.54, 1.807) is 23.1 Å². The van der Waals surface area contributed by atoms with Crippen molar-refractivity contribution in [1.82, 2.24) is 19.6 Å². The van der Waals surface area contributed by atoms with Crippen molar-refractivity contribution in [3.05, 3.63) is 73.3 Å². The molecule has 0 saturated heterocycles. The fraction of sp³-hybridized carbons (Fsp3) is 0. The van der Waals surface area contributed by atoms with E-state index in [9.17, 15) is 0 Å². The van der Waals surface area contributed by atoms with Crippen LogP contribution in [0.3, 0.4) is 0 Å². The summed E-state index contributed by atoms with van der Waals surface area (Å²) < 4.78 is 7.48. The summed E-state index contributed by atoms with van der Waals surface area (Å²) in [6, 6.07) is 19.9. The minimum Gasteiger partial charge on any atom is -0.439 e. The summed E-state index contributed by atoms with van der Waals surface area (Å²) in [6.07, 6.45) is 3.23. The van der Waals surface area contributed by atoms with Crippen molar-refractivity contribution in [1.29, 1.82) is 0 Å². The maximum absolute atomic E-state index is 5.75. The predicted molar refractivity (Wildman–Crippen MR) is 82.7 cm³/mol. The van der Waals surface area contributed by atoms with Crippen LogP contribution in [0.2, 0.25) is 0 Å². The maximum Gasteiger partial charge on any atom is 0.224 e. The summed E-state index contributed by atoms with van der Waals surface area (Å²) in [6.45, 7) is 0. The molecule has 0 radical (unpaired) electrons. The topological polar surface area (TPSA) is 52.3 Å². The Kier molecular flexibility index (Phi) is 3.01. The highest BCUT2D eigenvalue weighted by molar-refractivity contribution is 5.64. The minimum absolute atomic E-state index is 0.493. The molecule has 2 aromatic carbocycles. The average molecular weight is 288 g/mol. The Labute approximate surface area is 126 Å². The van der Waals surface area contributed by atoms with E-state index in [-0.39, 0.29) is 0 Å². The van der Waals surface area contributed by atoms with Crippen LogP contribution in [0.15, 0.2) is 73.3 Å². The van der Waals surface area contributed by atoms with E-state index in [1.165, 1.54) is 5.56 Å². The van der Waals surface area contributed by atoms with Crippen LogP contribution in [-0.2, 0) is 0 Å². The fourth-order valence-electron chi connectivity index (χ4n) is 2.23. The molecule has 0 atom stereocenters. The molecule has 5 heteroatoms. The molecule has 0 aliphatic rings. The van der Waals surface area contributed by atoms with Gasteiger partial charge in [-0.2, -0.15) is 0 Å². The lowest BCUT2D eigenvalue weighted by Gasteiger charge is -2.06. The van der Waals surface area contributed by atoms with Crippen molar-refractivity contribution < 1.29 is 4.74 Å². The number of nitrogens with zero attached hydrogens (tertiary/aromatic N) is 4. The number of hydrogen-bond acceptors (Lipinski definition) is 4. The van der Waals surface area contributed by atoms with Crippen LogP contribution in [0.5, 0.6) is 11.6 Å². The van der Waals surface area contributed by atoms with Crippen LogP contribution >= 0.6 is 0 Å². The number of benzene rings is 2. The summed E-state index contributed by atoms with van der Waals surface area (Å²) in [4.78, 5) is 4.22. The Morgan fingerprint density at radius 2 is 1.59 bits per heavy atom. The lowest BCUT2D eigenvalue weighted by atomic mass is 10.1. The van der Waals surface area contributed by atoms with Crippen LogP contribution in [-0.4, -0.2) is 19.6 Å². The smallest absolute Gasteiger partial charge is 0.224 e. The molecule has 2 heterocycles. The van der Waals surface area contributed by atoms with Crippen LogP contribution in [0, 0.1) is 0 Å². The second-order valence-corrected chi connectivity index (χ2v) is 4.82. The molecule has 0 N–H and O–H groups in total. The molecule has 0 aliphatic heterocycles. The number of hydrogen-bond donors (Lipinski definition) is 0. The Morgan fingerprint density at radius 3 is 2.41 bits per heavy atom. The van der Waals surface area contributed by atoms with E-state index in [0.717, 1.165) is 11.3 Å². The van der Waals surface area contributed by atoms with Crippen LogP contribution in [0.1, 0.15) is 0 Å². The summed E-state index contributed by atoms with van der Waals surface area (Å²) in [5.74, 6) is 1.23. The zero-order chi connectivity index (χ0) is 14.8. The molecule has 0 saturated carbocycles. The standard InChI is InChI=1S/C17H12N4O/c1-2-4-13(5-3-1)14-6-8-15(9-7-14)22-17-10-16-20-19-12-21(16)11-18-17/h1-12H. The molecule has 2 aromatic heterocycles. The molecular weight excluding hydrogens is 276 g/mol. The number of ether oxygens (including phenoxy) is 1. The van der Waals surface area contributed by atoms with Gasteiger partial charge in [-0.05, 0) is 23.3 Å². The van der Waals surface area contributed by atoms with Gasteiger partial charge in [-0.15, -0.1) is 10.2 Å². The highest BCUT2D eigenvalue weighted by atomic mass is 16.5. The zero-order valence-electron chi connectivity index (χ0n) is 11.6. The quantitative estimate of drug-likeness (QED) is 0.578. The van der Waals surface area contributed by atoms with Crippen molar-refractivity contribution in [2.24, 2.45) is 0 Å². The Balaban J connectivity index is 1.58. The van der Waals surface area contributed by atoms with Gasteiger partial charge in [0.15, 0.2) is 5.65 Å². The van der Waals surface area contributed by atoms with Gasteiger partial charge in [-0.3, -0.25) is 4.40 Å². The van der Waals surface area contributed by atoms with Gasteiger partial charge in [0.1, 0.15) is 18.4 Å². The van der Waals surface area contributed by atoms with Gasteiger partial charge in [-0.1, -0.05) is 42.5 Å². The largest absolute Gasteiger partial charge is 0.439 e. The molecule has 4 rings (SSSR count). The number of fused-ring (bicyclic) bond motifs is 1. The highest BCUT2D eigenvalue weighted by Gasteiger charge is 2.03. The van der Waals surface area contributed by atoms with E-state index in [0.29, 0.717) is 11.5 Å². The van der Waals surface area contributed by atoms with Gasteiger partial charge in [0.25, 0.3) is 0 Å². The van der Waals surface area contributed by atoms with Crippen molar-refractivity contribution in [2.75, 3.05) is 0 Å². The molecule has 106 valence electrons. The molecule has 5 nitrogen and oxygen atoms in total. The highest BCUT2D eigenvalue weighted by Crippen LogP contribution is 2.25. The summed E-state index contributed by atoms with van der Waals surface area (Å²) >= 11 is 0. The van der Waals surface area contributed by atoms with Gasteiger partial charge >= 0.3 is 0 Å². The molecule has 0 unspecified atom stereocenters. The third kappa shape index (κ3) is 2.40. The molecule has 0 fully saturated rings. The number of rotatable bonds is 3. The van der Waals surface area contributed by atoms with Crippen molar-refractivity contribution >= 4 is 5.65 Å². The monoisotopic (exact) mass is 288 g/mol. The first-order chi connectivity index (χ1) is 10.9. The fourth-order valence-corrected chi connectivity index (χ4v) is 2.23. The van der Waals surface area contributed by atoms with E-state index >= 15 is 0 Å². The summed E-state index contributed by atoms with van der Waals surface area (Å²) in [5, 5.41) is 7.78. The van der Waals surface area contributed by atoms with Crippen LogP contribution < -0.4 is 4.74 Å². The lowest BCUT2D eigenvalue weighted by molar-refractivity contribution is 0.462. The normalized spacial score (nSPS) is 10.7. The van der Waals surface area contributed by atoms with Crippen molar-refractivity contribution in [3.8, 4) is 22.8 Å². The van der Waals surface area contributed by atoms with Crippen molar-refractivity contribution in [3.63, 3.8) is 0 Å². The van der Waals surface area contributed by atoms with Gasteiger partial charge in [0, 0.05) is 6.07 Å². The van der Waals surface area contributed by atoms with Gasteiger partial charge in [0.05, 0.1) is 0 Å². The first-order valence-corrected chi connectivity index (χ1v) is 6.87. The van der Waals surface area contributed by atoms with E-state index < -0.39 is 0 Å². The predicted octanol–water partition coefficient (Wildman–Crippen LogP) is 3.58. The summed E-state index contributed by atoms with van der Waals surface area (Å²) in [5.41, 5.74) is 3.02.